The number of carboxylic acids is 1. The van der Waals surface area contributed by atoms with E-state index in [-0.39, 0.29) is 31.6 Å². The van der Waals surface area contributed by atoms with Crippen molar-refractivity contribution >= 4 is 24.1 Å². The van der Waals surface area contributed by atoms with Crippen LogP contribution < -0.4 is 10.6 Å². The summed E-state index contributed by atoms with van der Waals surface area (Å²) >= 11 is 0. The van der Waals surface area contributed by atoms with E-state index < -0.39 is 57.3 Å². The zero-order valence-electron chi connectivity index (χ0n) is 31.3. The fourth-order valence-electron chi connectivity index (χ4n) is 8.24. The molecule has 3 N–H and O–H groups in total. The van der Waals surface area contributed by atoms with Crippen molar-refractivity contribution in [3.63, 3.8) is 0 Å². The second-order valence-corrected chi connectivity index (χ2v) is 16.2. The number of carbonyl (C=O) groups is 4. The van der Waals surface area contributed by atoms with Crippen molar-refractivity contribution < 1.29 is 38.7 Å². The smallest absolute Gasteiger partial charge is 0.426 e. The molecule has 272 valence electrons. The molecule has 2 aliphatic heterocycles. The van der Waals surface area contributed by atoms with Crippen molar-refractivity contribution in [1.29, 1.82) is 0 Å². The summed E-state index contributed by atoms with van der Waals surface area (Å²) in [5.41, 5.74) is -5.79. The van der Waals surface area contributed by atoms with Crippen molar-refractivity contribution in [3.05, 3.63) is 0 Å². The number of esters is 1. The van der Waals surface area contributed by atoms with Crippen LogP contribution in [0, 0.1) is 11.3 Å². The maximum absolute atomic E-state index is 14.2. The Hall–Kier alpha value is -2.60. The van der Waals surface area contributed by atoms with Gasteiger partial charge >= 0.3 is 24.1 Å². The Morgan fingerprint density at radius 1 is 0.702 bits per heavy atom. The van der Waals surface area contributed by atoms with E-state index in [1.165, 1.54) is 0 Å². The Kier molecular flexibility index (Phi) is 13.2. The molecular formula is C35H64N4O8. The summed E-state index contributed by atoms with van der Waals surface area (Å²) in [6.07, 6.45) is 4.23. The van der Waals surface area contributed by atoms with Crippen molar-refractivity contribution in [2.24, 2.45) is 11.3 Å². The number of nitrogens with one attached hydrogen (secondary N) is 2. The van der Waals surface area contributed by atoms with E-state index >= 15 is 0 Å². The van der Waals surface area contributed by atoms with Crippen LogP contribution in [0.15, 0.2) is 0 Å². The number of unbranched alkanes of at least 4 members (excludes halogenated alkanes) is 2. The quantitative estimate of drug-likeness (QED) is 0.101. The molecule has 2 heterocycles. The molecule has 0 radical (unpaired) electrons. The van der Waals surface area contributed by atoms with E-state index in [1.807, 2.05) is 62.3 Å². The summed E-state index contributed by atoms with van der Waals surface area (Å²) in [4.78, 5) is 64.4. The van der Waals surface area contributed by atoms with Crippen LogP contribution >= 0.6 is 0 Å². The maximum atomic E-state index is 14.2. The van der Waals surface area contributed by atoms with E-state index in [2.05, 4.69) is 17.6 Å². The summed E-state index contributed by atoms with van der Waals surface area (Å²) in [7, 11) is 0. The lowest BCUT2D eigenvalue weighted by Crippen LogP contribution is -2.71. The van der Waals surface area contributed by atoms with E-state index in [1.54, 1.807) is 24.0 Å². The molecule has 0 unspecified atom stereocenters. The minimum atomic E-state index is -1.69. The van der Waals surface area contributed by atoms with Gasteiger partial charge in [-0.05, 0) is 93.9 Å². The zero-order chi connectivity index (χ0) is 36.1. The van der Waals surface area contributed by atoms with Crippen LogP contribution in [0.2, 0.25) is 0 Å². The van der Waals surface area contributed by atoms with Crippen LogP contribution in [-0.4, -0.2) is 80.2 Å². The molecule has 12 heteroatoms. The molecule has 0 aromatic rings. The van der Waals surface area contributed by atoms with Gasteiger partial charge < -0.3 is 30.2 Å². The van der Waals surface area contributed by atoms with Gasteiger partial charge in [0.05, 0.1) is 22.2 Å². The standard InChI is InChI=1S/C35H64N4O8/c1-13-17-19-36-28(43)46-38-30(5,6)21-25(22-31(38,7)8)35(45-27(42)34(15-3,16-4)26(40)41)23-32(9,10)39(33(11,12)24-35)47-29(44)37-20-18-14-2/h25H,13-24H2,1-12H3,(H,36,43)(H,37,44)(H,40,41). The van der Waals surface area contributed by atoms with Crippen molar-refractivity contribution in [1.82, 2.24) is 20.8 Å². The fourth-order valence-corrected chi connectivity index (χ4v) is 8.24. The Balaban J connectivity index is 2.60. The van der Waals surface area contributed by atoms with Gasteiger partial charge in [0.2, 0.25) is 0 Å². The number of hydroxylamine groups is 4. The molecule has 0 aromatic carbocycles. The lowest BCUT2D eigenvalue weighted by atomic mass is 9.60. The van der Waals surface area contributed by atoms with Gasteiger partial charge in [-0.1, -0.05) is 40.5 Å². The second-order valence-electron chi connectivity index (χ2n) is 16.2. The largest absolute Gasteiger partial charge is 0.480 e. The summed E-state index contributed by atoms with van der Waals surface area (Å²) < 4.78 is 6.66. The normalized spacial score (nSPS) is 22.1. The average Bonchev–Trinajstić information content (AvgIpc) is 2.93. The third kappa shape index (κ3) is 9.10. The first-order chi connectivity index (χ1) is 21.6. The third-order valence-electron chi connectivity index (χ3n) is 10.1. The molecule has 2 fully saturated rings. The number of hydrogen-bond donors (Lipinski definition) is 3. The monoisotopic (exact) mass is 668 g/mol. The summed E-state index contributed by atoms with van der Waals surface area (Å²) in [5.74, 6) is -2.21. The predicted octanol–water partition coefficient (Wildman–Crippen LogP) is 6.96. The zero-order valence-corrected chi connectivity index (χ0v) is 31.3. The van der Waals surface area contributed by atoms with Crippen LogP contribution in [0.3, 0.4) is 0 Å². The highest BCUT2D eigenvalue weighted by Crippen LogP contribution is 2.56. The molecule has 2 rings (SSSR count). The minimum absolute atomic E-state index is 0.0874. The molecule has 2 aliphatic rings. The number of amides is 2. The number of ether oxygens (including phenoxy) is 1. The van der Waals surface area contributed by atoms with E-state index in [4.69, 9.17) is 14.4 Å². The van der Waals surface area contributed by atoms with Crippen molar-refractivity contribution in [2.45, 2.75) is 175 Å². The van der Waals surface area contributed by atoms with Gasteiger partial charge in [0.1, 0.15) is 5.60 Å². The van der Waals surface area contributed by atoms with Gasteiger partial charge in [-0.3, -0.25) is 9.59 Å². The number of rotatable bonds is 14. The number of carbonyl (C=O) groups excluding carboxylic acids is 3. The number of nitrogens with zero attached hydrogens (tertiary/aromatic N) is 2. The third-order valence-corrected chi connectivity index (χ3v) is 10.1. The number of aliphatic carboxylic acids is 1. The minimum Gasteiger partial charge on any atom is -0.480 e. The van der Waals surface area contributed by atoms with Gasteiger partial charge in [-0.2, -0.15) is 0 Å². The van der Waals surface area contributed by atoms with Crippen LogP contribution in [0.4, 0.5) is 9.59 Å². The second kappa shape index (κ2) is 15.3. The molecule has 47 heavy (non-hydrogen) atoms. The van der Waals surface area contributed by atoms with E-state index in [0.29, 0.717) is 25.9 Å². The molecule has 0 aromatic heterocycles. The number of hydrogen-bond acceptors (Lipinski definition) is 9. The van der Waals surface area contributed by atoms with Gasteiger partial charge in [0.15, 0.2) is 5.41 Å². The fraction of sp³-hybridized carbons (Fsp3) is 0.886. The molecule has 2 saturated heterocycles. The maximum Gasteiger partial charge on any atom is 0.426 e. The molecule has 0 saturated carbocycles. The lowest BCUT2D eigenvalue weighted by Gasteiger charge is -2.62. The highest BCUT2D eigenvalue weighted by Gasteiger charge is 2.64. The summed E-state index contributed by atoms with van der Waals surface area (Å²) in [5, 5.41) is 19.4. The predicted molar refractivity (Wildman–Crippen MR) is 180 cm³/mol. The highest BCUT2D eigenvalue weighted by molar-refractivity contribution is 5.99. The molecule has 0 spiro atoms. The van der Waals surface area contributed by atoms with Crippen LogP contribution in [-0.2, 0) is 24.0 Å². The topological polar surface area (TPSA) is 147 Å². The first kappa shape index (κ1) is 40.6. The Labute approximate surface area is 282 Å². The SMILES string of the molecule is CCCCNC(=O)ON1C(C)(C)CC(C2(OC(=O)C(CC)(CC)C(=O)O)CC(C)(C)N(OC(=O)NCCCC)C(C)(C)C2)CC1(C)C. The van der Waals surface area contributed by atoms with E-state index in [0.717, 1.165) is 25.7 Å². The molecular weight excluding hydrogens is 604 g/mol. The molecule has 2 amide bonds. The summed E-state index contributed by atoms with van der Waals surface area (Å²) in [6, 6.07) is 0. The van der Waals surface area contributed by atoms with E-state index in [9.17, 15) is 24.3 Å². The number of piperidine rings is 2. The van der Waals surface area contributed by atoms with Gasteiger partial charge in [-0.25, -0.2) is 9.59 Å². The molecule has 12 nitrogen and oxygen atoms in total. The Bertz CT molecular complexity index is 1080. The summed E-state index contributed by atoms with van der Waals surface area (Å²) in [6.45, 7) is 24.3. The van der Waals surface area contributed by atoms with Crippen molar-refractivity contribution in [3.8, 4) is 0 Å². The highest BCUT2D eigenvalue weighted by atomic mass is 16.7. The molecule has 0 aliphatic carbocycles. The Morgan fingerprint density at radius 2 is 1.09 bits per heavy atom. The van der Waals surface area contributed by atoms with Crippen molar-refractivity contribution in [2.75, 3.05) is 13.1 Å². The first-order valence-corrected chi connectivity index (χ1v) is 17.6. The van der Waals surface area contributed by atoms with Gasteiger partial charge in [0, 0.05) is 31.8 Å². The Morgan fingerprint density at radius 3 is 1.43 bits per heavy atom. The van der Waals surface area contributed by atoms with Gasteiger partial charge in [-0.15, -0.1) is 10.1 Å². The van der Waals surface area contributed by atoms with Gasteiger partial charge in [0.25, 0.3) is 0 Å². The van der Waals surface area contributed by atoms with Crippen LogP contribution in [0.25, 0.3) is 0 Å². The van der Waals surface area contributed by atoms with Crippen LogP contribution in [0.1, 0.15) is 147 Å². The van der Waals surface area contributed by atoms with Crippen LogP contribution in [0.5, 0.6) is 0 Å². The first-order valence-electron chi connectivity index (χ1n) is 17.6. The lowest BCUT2D eigenvalue weighted by molar-refractivity contribution is -0.302. The number of carboxylic acid groups (broad SMARTS) is 1. The molecule has 0 atom stereocenters. The molecule has 0 bridgehead atoms. The average molecular weight is 669 g/mol.